The number of methoxy groups -OCH3 is 1. The monoisotopic (exact) mass is 394 g/mol. The lowest BCUT2D eigenvalue weighted by molar-refractivity contribution is 0.0981. The highest BCUT2D eigenvalue weighted by atomic mass is 19.1. The number of carbonyl (C=O) groups is 1. The molecule has 0 spiro atoms. The highest BCUT2D eigenvalue weighted by Gasteiger charge is 2.18. The molecule has 1 amide bonds. The van der Waals surface area contributed by atoms with E-state index in [0.717, 1.165) is 5.56 Å². The minimum Gasteiger partial charge on any atom is -0.497 e. The number of nitrogens with one attached hydrogen (secondary N) is 1. The van der Waals surface area contributed by atoms with Crippen molar-refractivity contribution in [2.45, 2.75) is 6.54 Å². The van der Waals surface area contributed by atoms with Gasteiger partial charge in [-0.25, -0.2) is 9.07 Å². The minimum atomic E-state index is -0.548. The van der Waals surface area contributed by atoms with Crippen LogP contribution in [0.3, 0.4) is 0 Å². The number of hydrogen-bond acceptors (Lipinski definition) is 7. The van der Waals surface area contributed by atoms with E-state index < -0.39 is 5.91 Å². The number of rotatable bonds is 6. The summed E-state index contributed by atoms with van der Waals surface area (Å²) in [5.41, 5.74) is 1.76. The third-order valence-corrected chi connectivity index (χ3v) is 3.99. The summed E-state index contributed by atoms with van der Waals surface area (Å²) in [5, 5.41) is 14.4. The quantitative estimate of drug-likeness (QED) is 0.536. The maximum absolute atomic E-state index is 13.0. The maximum atomic E-state index is 13.0. The Hall–Kier alpha value is -4.08. The van der Waals surface area contributed by atoms with Crippen molar-refractivity contribution in [3.05, 3.63) is 72.0 Å². The van der Waals surface area contributed by atoms with E-state index >= 15 is 0 Å². The van der Waals surface area contributed by atoms with Crippen LogP contribution in [0.4, 0.5) is 10.1 Å². The average Bonchev–Trinajstić information content (AvgIpc) is 3.40. The van der Waals surface area contributed by atoms with E-state index in [2.05, 4.69) is 25.8 Å². The van der Waals surface area contributed by atoms with Gasteiger partial charge in [0.1, 0.15) is 11.6 Å². The van der Waals surface area contributed by atoms with Crippen molar-refractivity contribution in [3.63, 3.8) is 0 Å². The summed E-state index contributed by atoms with van der Waals surface area (Å²) in [6.45, 7) is 0.399. The fourth-order valence-electron chi connectivity index (χ4n) is 2.53. The van der Waals surface area contributed by atoms with E-state index in [1.807, 2.05) is 0 Å². The molecule has 2 aromatic heterocycles. The number of nitrogens with zero attached hydrogens (tertiary/aromatic N) is 5. The predicted molar refractivity (Wildman–Crippen MR) is 99.8 cm³/mol. The number of anilines is 1. The Bertz CT molecular complexity index is 1120. The fourth-order valence-corrected chi connectivity index (χ4v) is 2.53. The van der Waals surface area contributed by atoms with Gasteiger partial charge in [-0.1, -0.05) is 22.5 Å². The molecule has 0 aliphatic carbocycles. The van der Waals surface area contributed by atoms with Crippen LogP contribution in [0, 0.1) is 5.82 Å². The number of benzene rings is 2. The van der Waals surface area contributed by atoms with E-state index in [0.29, 0.717) is 23.7 Å². The zero-order valence-electron chi connectivity index (χ0n) is 15.2. The lowest BCUT2D eigenvalue weighted by Gasteiger charge is -2.03. The first-order valence-corrected chi connectivity index (χ1v) is 8.55. The molecule has 0 aliphatic heterocycles. The van der Waals surface area contributed by atoms with Gasteiger partial charge in [-0.15, -0.1) is 5.10 Å². The summed E-state index contributed by atoms with van der Waals surface area (Å²) in [5.74, 6) is -0.251. The van der Waals surface area contributed by atoms with Crippen LogP contribution in [0.1, 0.15) is 16.2 Å². The molecular weight excluding hydrogens is 379 g/mol. The molecule has 4 rings (SSSR count). The topological polar surface area (TPSA) is 108 Å². The highest BCUT2D eigenvalue weighted by Crippen LogP contribution is 2.17. The van der Waals surface area contributed by atoms with Gasteiger partial charge in [-0.05, 0) is 42.0 Å². The normalized spacial score (nSPS) is 10.7. The first-order chi connectivity index (χ1) is 14.1. The van der Waals surface area contributed by atoms with E-state index in [-0.39, 0.29) is 17.5 Å². The summed E-state index contributed by atoms with van der Waals surface area (Å²) in [4.78, 5) is 16.3. The Morgan fingerprint density at radius 1 is 1.17 bits per heavy atom. The summed E-state index contributed by atoms with van der Waals surface area (Å²) in [6.07, 6.45) is 1.61. The molecule has 146 valence electrons. The molecule has 0 saturated carbocycles. The molecule has 0 fully saturated rings. The van der Waals surface area contributed by atoms with Crippen molar-refractivity contribution >= 4 is 11.6 Å². The van der Waals surface area contributed by atoms with E-state index in [1.165, 1.54) is 12.1 Å². The van der Waals surface area contributed by atoms with Crippen LogP contribution in [-0.2, 0) is 6.54 Å². The molecule has 1 N–H and O–H groups in total. The summed E-state index contributed by atoms with van der Waals surface area (Å²) < 4.78 is 24.6. The summed E-state index contributed by atoms with van der Waals surface area (Å²) in [6, 6.07) is 12.9. The van der Waals surface area contributed by atoms with Crippen molar-refractivity contribution in [2.24, 2.45) is 0 Å². The molecule has 10 heteroatoms. The smallest absolute Gasteiger partial charge is 0.316 e. The van der Waals surface area contributed by atoms with Crippen LogP contribution in [0.5, 0.6) is 5.75 Å². The minimum absolute atomic E-state index is 0.134. The van der Waals surface area contributed by atoms with Gasteiger partial charge in [0, 0.05) is 5.69 Å². The second-order valence-corrected chi connectivity index (χ2v) is 6.03. The van der Waals surface area contributed by atoms with Crippen LogP contribution in [0.2, 0.25) is 0 Å². The molecule has 0 saturated heterocycles. The van der Waals surface area contributed by atoms with E-state index in [1.54, 1.807) is 54.4 Å². The number of carbonyl (C=O) groups excluding carboxylic acids is 1. The molecule has 9 nitrogen and oxygen atoms in total. The second kappa shape index (κ2) is 7.89. The Morgan fingerprint density at radius 3 is 2.66 bits per heavy atom. The molecule has 2 heterocycles. The van der Waals surface area contributed by atoms with E-state index in [9.17, 15) is 9.18 Å². The van der Waals surface area contributed by atoms with Gasteiger partial charge in [0.25, 0.3) is 0 Å². The van der Waals surface area contributed by atoms with Gasteiger partial charge in [0.2, 0.25) is 5.82 Å². The third kappa shape index (κ3) is 4.26. The van der Waals surface area contributed by atoms with Gasteiger partial charge in [-0.3, -0.25) is 4.79 Å². The van der Waals surface area contributed by atoms with Crippen molar-refractivity contribution in [3.8, 4) is 17.3 Å². The Labute approximate surface area is 164 Å². The summed E-state index contributed by atoms with van der Waals surface area (Å²) in [7, 11) is 1.56. The van der Waals surface area contributed by atoms with Crippen molar-refractivity contribution in [1.29, 1.82) is 0 Å². The van der Waals surface area contributed by atoms with Crippen LogP contribution in [-0.4, -0.2) is 38.2 Å². The number of hydrogen-bond donors (Lipinski definition) is 1. The molecule has 0 unspecified atom stereocenters. The molecule has 0 bridgehead atoms. The zero-order chi connectivity index (χ0) is 20.2. The van der Waals surface area contributed by atoms with Crippen LogP contribution in [0.15, 0.2) is 59.3 Å². The van der Waals surface area contributed by atoms with E-state index in [4.69, 9.17) is 9.26 Å². The summed E-state index contributed by atoms with van der Waals surface area (Å²) >= 11 is 0. The third-order valence-electron chi connectivity index (χ3n) is 3.99. The van der Waals surface area contributed by atoms with Gasteiger partial charge in [0.05, 0.1) is 19.9 Å². The van der Waals surface area contributed by atoms with Crippen molar-refractivity contribution in [1.82, 2.24) is 25.1 Å². The number of ether oxygens (including phenoxy) is 1. The van der Waals surface area contributed by atoms with Crippen molar-refractivity contribution in [2.75, 3.05) is 12.4 Å². The van der Waals surface area contributed by atoms with Gasteiger partial charge in [0.15, 0.2) is 5.69 Å². The van der Waals surface area contributed by atoms with Gasteiger partial charge < -0.3 is 14.6 Å². The molecule has 29 heavy (non-hydrogen) atoms. The lowest BCUT2D eigenvalue weighted by atomic mass is 10.2. The molecular formula is C19H15FN6O3. The maximum Gasteiger partial charge on any atom is 0.316 e. The first kappa shape index (κ1) is 18.3. The lowest BCUT2D eigenvalue weighted by Crippen LogP contribution is -2.12. The standard InChI is InChI=1S/C19H15FN6O3/c1-28-15-8-6-14(7-9-15)21-18(27)19-22-17(24-29-19)16-11-26(25-23-16)10-12-2-4-13(20)5-3-12/h2-9,11H,10H2,1H3,(H,21,27). The SMILES string of the molecule is COc1ccc(NC(=O)c2nc(-c3cn(Cc4ccc(F)cc4)nn3)no2)cc1. The van der Waals surface area contributed by atoms with Crippen LogP contribution < -0.4 is 10.1 Å². The Kier molecular flexibility index (Phi) is 4.97. The molecule has 0 atom stereocenters. The number of amides is 1. The Morgan fingerprint density at radius 2 is 1.93 bits per heavy atom. The molecule has 0 radical (unpaired) electrons. The van der Waals surface area contributed by atoms with Crippen LogP contribution in [0.25, 0.3) is 11.5 Å². The Balaban J connectivity index is 1.43. The largest absolute Gasteiger partial charge is 0.497 e. The number of halogens is 1. The average molecular weight is 394 g/mol. The van der Waals surface area contributed by atoms with Gasteiger partial charge in [-0.2, -0.15) is 4.98 Å². The highest BCUT2D eigenvalue weighted by molar-refractivity contribution is 6.01. The zero-order valence-corrected chi connectivity index (χ0v) is 15.2. The first-order valence-electron chi connectivity index (χ1n) is 8.55. The van der Waals surface area contributed by atoms with Crippen molar-refractivity contribution < 1.29 is 18.4 Å². The molecule has 4 aromatic rings. The molecule has 2 aromatic carbocycles. The molecule has 0 aliphatic rings. The second-order valence-electron chi connectivity index (χ2n) is 6.03. The predicted octanol–water partition coefficient (Wildman–Crippen LogP) is 2.78. The number of aromatic nitrogens is 5. The van der Waals surface area contributed by atoms with Crippen LogP contribution >= 0.6 is 0 Å². The van der Waals surface area contributed by atoms with Gasteiger partial charge >= 0.3 is 11.8 Å². The fraction of sp³-hybridized carbons (Fsp3) is 0.105.